The average Bonchev–Trinajstić information content (AvgIpc) is 3.62. The predicted molar refractivity (Wildman–Crippen MR) is 116 cm³/mol. The number of hydrogen-bond acceptors (Lipinski definition) is 4. The summed E-state index contributed by atoms with van der Waals surface area (Å²) in [5.41, 5.74) is 9.31. The number of anilines is 2. The second kappa shape index (κ2) is 9.12. The second-order valence-corrected chi connectivity index (χ2v) is 8.14. The van der Waals surface area contributed by atoms with E-state index in [0.29, 0.717) is 0 Å². The summed E-state index contributed by atoms with van der Waals surface area (Å²) in [6.07, 6.45) is 2.18. The van der Waals surface area contributed by atoms with Crippen LogP contribution in [0.4, 0.5) is 28.9 Å². The molecule has 176 valence electrons. The van der Waals surface area contributed by atoms with Crippen LogP contribution in [0, 0.1) is 23.3 Å². The number of benzene rings is 2. The van der Waals surface area contributed by atoms with Crippen molar-refractivity contribution in [3.8, 4) is 0 Å². The molecular weight excluding hydrogens is 452 g/mol. The average molecular weight is 472 g/mol. The summed E-state index contributed by atoms with van der Waals surface area (Å²) < 4.78 is 59.2. The third kappa shape index (κ3) is 4.70. The van der Waals surface area contributed by atoms with Crippen LogP contribution in [0.5, 0.6) is 0 Å². The number of aromatic nitrogens is 1. The van der Waals surface area contributed by atoms with E-state index >= 15 is 4.39 Å². The molecule has 0 unspecified atom stereocenters. The number of hydrogen-bond donors (Lipinski definition) is 3. The van der Waals surface area contributed by atoms with Crippen molar-refractivity contribution in [2.24, 2.45) is 11.5 Å². The molecule has 3 aromatic rings. The number of primary amides is 2. The molecule has 34 heavy (non-hydrogen) atoms. The van der Waals surface area contributed by atoms with E-state index in [2.05, 4.69) is 10.3 Å². The monoisotopic (exact) mass is 472 g/mol. The highest BCUT2D eigenvalue weighted by atomic mass is 19.2. The van der Waals surface area contributed by atoms with Crippen molar-refractivity contribution in [1.29, 1.82) is 0 Å². The van der Waals surface area contributed by atoms with Gasteiger partial charge in [0.25, 0.3) is 5.91 Å². The van der Waals surface area contributed by atoms with Crippen molar-refractivity contribution in [2.45, 2.75) is 31.6 Å². The van der Waals surface area contributed by atoms with Gasteiger partial charge in [-0.2, -0.15) is 0 Å². The van der Waals surface area contributed by atoms with Gasteiger partial charge in [-0.05, 0) is 59.7 Å². The number of amides is 2. The van der Waals surface area contributed by atoms with Crippen LogP contribution in [0.15, 0.2) is 36.5 Å². The van der Waals surface area contributed by atoms with E-state index in [4.69, 9.17) is 11.5 Å². The zero-order valence-electron chi connectivity index (χ0n) is 17.8. The number of nitrogens with one attached hydrogen (secondary N) is 1. The number of halogens is 4. The highest BCUT2D eigenvalue weighted by Gasteiger charge is 2.26. The van der Waals surface area contributed by atoms with E-state index in [-0.39, 0.29) is 28.4 Å². The van der Waals surface area contributed by atoms with Gasteiger partial charge < -0.3 is 16.8 Å². The summed E-state index contributed by atoms with van der Waals surface area (Å²) in [7, 11) is 0. The molecule has 4 rings (SSSR count). The van der Waals surface area contributed by atoms with Crippen LogP contribution in [0.2, 0.25) is 0 Å². The molecule has 2 aromatic carbocycles. The molecule has 2 amide bonds. The number of nitrogens with two attached hydrogens (primary N) is 2. The van der Waals surface area contributed by atoms with Crippen molar-refractivity contribution < 1.29 is 27.2 Å². The Morgan fingerprint density at radius 3 is 2.32 bits per heavy atom. The minimum Gasteiger partial charge on any atom is -0.369 e. The molecule has 0 saturated heterocycles. The van der Waals surface area contributed by atoms with Crippen LogP contribution in [-0.4, -0.2) is 16.8 Å². The van der Waals surface area contributed by atoms with Gasteiger partial charge in [0, 0.05) is 12.6 Å². The van der Waals surface area contributed by atoms with Crippen LogP contribution in [0.3, 0.4) is 0 Å². The van der Waals surface area contributed by atoms with Crippen molar-refractivity contribution in [3.05, 3.63) is 87.7 Å². The SMILES string of the molecule is NC(=O)Cc1nccc(Cc2cc(C(N)=O)c(Nc3ccc(C4CC4)cc3F)c(F)c2F)c1F. The Balaban J connectivity index is 1.70. The predicted octanol–water partition coefficient (Wildman–Crippen LogP) is 3.98. The minimum absolute atomic E-state index is 0.0950. The molecule has 0 bridgehead atoms. The van der Waals surface area contributed by atoms with E-state index in [0.717, 1.165) is 24.5 Å². The number of rotatable bonds is 8. The van der Waals surface area contributed by atoms with Gasteiger partial charge in [-0.25, -0.2) is 17.6 Å². The maximum Gasteiger partial charge on any atom is 0.250 e. The molecule has 1 aromatic heterocycles. The first-order valence-electron chi connectivity index (χ1n) is 10.4. The van der Waals surface area contributed by atoms with Crippen LogP contribution in [-0.2, 0) is 17.6 Å². The van der Waals surface area contributed by atoms with Crippen molar-refractivity contribution in [2.75, 3.05) is 5.32 Å². The van der Waals surface area contributed by atoms with Gasteiger partial charge in [0.1, 0.15) is 11.6 Å². The zero-order valence-corrected chi connectivity index (χ0v) is 17.8. The van der Waals surface area contributed by atoms with Gasteiger partial charge in [-0.15, -0.1) is 0 Å². The van der Waals surface area contributed by atoms with E-state index < -0.39 is 59.2 Å². The number of carbonyl (C=O) groups is 2. The molecule has 1 aliphatic carbocycles. The summed E-state index contributed by atoms with van der Waals surface area (Å²) in [4.78, 5) is 26.9. The smallest absolute Gasteiger partial charge is 0.250 e. The normalized spacial score (nSPS) is 13.1. The quantitative estimate of drug-likeness (QED) is 0.431. The lowest BCUT2D eigenvalue weighted by Gasteiger charge is -2.16. The van der Waals surface area contributed by atoms with Gasteiger partial charge in [0.2, 0.25) is 5.91 Å². The molecule has 1 aliphatic rings. The first-order chi connectivity index (χ1) is 16.2. The molecule has 6 nitrogen and oxygen atoms in total. The van der Waals surface area contributed by atoms with E-state index in [1.54, 1.807) is 6.07 Å². The van der Waals surface area contributed by atoms with Gasteiger partial charge in [0.05, 0.1) is 29.1 Å². The van der Waals surface area contributed by atoms with Crippen LogP contribution in [0.25, 0.3) is 0 Å². The molecule has 1 heterocycles. The third-order valence-electron chi connectivity index (χ3n) is 5.61. The molecule has 5 N–H and O–H groups in total. The number of carbonyl (C=O) groups excluding carboxylic acids is 2. The Morgan fingerprint density at radius 1 is 0.971 bits per heavy atom. The molecule has 1 fully saturated rings. The van der Waals surface area contributed by atoms with E-state index in [1.807, 2.05) is 0 Å². The molecule has 1 saturated carbocycles. The van der Waals surface area contributed by atoms with Crippen molar-refractivity contribution in [1.82, 2.24) is 4.98 Å². The summed E-state index contributed by atoms with van der Waals surface area (Å²) in [6, 6.07) is 6.57. The first kappa shape index (κ1) is 23.2. The number of pyridine rings is 1. The standard InChI is InChI=1S/C24H20F4N4O2/c25-16-9-12(11-1-2-11)3-4-17(16)32-23-15(24(30)34)8-14(21(27)22(23)28)7-13-5-6-31-18(20(13)26)10-19(29)33/h3-6,8-9,11,32H,1-2,7,10H2,(H2,29,33)(H2,30,34). The molecule has 0 aliphatic heterocycles. The largest absolute Gasteiger partial charge is 0.369 e. The van der Waals surface area contributed by atoms with Gasteiger partial charge >= 0.3 is 0 Å². The Morgan fingerprint density at radius 2 is 1.71 bits per heavy atom. The summed E-state index contributed by atoms with van der Waals surface area (Å²) in [6.45, 7) is 0. The van der Waals surface area contributed by atoms with Crippen molar-refractivity contribution >= 4 is 23.2 Å². The summed E-state index contributed by atoms with van der Waals surface area (Å²) >= 11 is 0. The zero-order chi connectivity index (χ0) is 24.6. The lowest BCUT2D eigenvalue weighted by molar-refractivity contribution is -0.117. The third-order valence-corrected chi connectivity index (χ3v) is 5.61. The van der Waals surface area contributed by atoms with Gasteiger partial charge in [-0.3, -0.25) is 14.6 Å². The fraction of sp³-hybridized carbons (Fsp3) is 0.208. The Kier molecular flexibility index (Phi) is 6.23. The molecule has 10 heteroatoms. The first-order valence-corrected chi connectivity index (χ1v) is 10.4. The Labute approximate surface area is 192 Å². The van der Waals surface area contributed by atoms with Crippen molar-refractivity contribution in [3.63, 3.8) is 0 Å². The highest BCUT2D eigenvalue weighted by molar-refractivity contribution is 5.99. The molecular formula is C24H20F4N4O2. The Bertz CT molecular complexity index is 1310. The van der Waals surface area contributed by atoms with Crippen LogP contribution in [0.1, 0.15) is 51.5 Å². The van der Waals surface area contributed by atoms with Crippen LogP contribution < -0.4 is 16.8 Å². The second-order valence-electron chi connectivity index (χ2n) is 8.14. The Hall–Kier alpha value is -3.95. The lowest BCUT2D eigenvalue weighted by atomic mass is 9.99. The fourth-order valence-corrected chi connectivity index (χ4v) is 3.72. The molecule has 0 spiro atoms. The summed E-state index contributed by atoms with van der Waals surface area (Å²) in [5.74, 6) is -6.05. The highest BCUT2D eigenvalue weighted by Crippen LogP contribution is 2.41. The summed E-state index contributed by atoms with van der Waals surface area (Å²) in [5, 5.41) is 2.42. The lowest BCUT2D eigenvalue weighted by Crippen LogP contribution is -2.18. The van der Waals surface area contributed by atoms with E-state index in [1.165, 1.54) is 24.4 Å². The van der Waals surface area contributed by atoms with E-state index in [9.17, 15) is 22.8 Å². The maximum absolute atomic E-state index is 15.0. The van der Waals surface area contributed by atoms with Crippen LogP contribution >= 0.6 is 0 Å². The number of nitrogens with zero attached hydrogens (tertiary/aromatic N) is 1. The molecule has 0 radical (unpaired) electrons. The maximum atomic E-state index is 15.0. The minimum atomic E-state index is -1.47. The fourth-order valence-electron chi connectivity index (χ4n) is 3.72. The van der Waals surface area contributed by atoms with Gasteiger partial charge in [0.15, 0.2) is 11.6 Å². The molecule has 0 atom stereocenters. The van der Waals surface area contributed by atoms with Gasteiger partial charge in [-0.1, -0.05) is 6.07 Å². The topological polar surface area (TPSA) is 111 Å².